The van der Waals surface area contributed by atoms with Gasteiger partial charge in [-0.1, -0.05) is 25.0 Å². The molecule has 0 radical (unpaired) electrons. The SMILES string of the molecule is COc1cccc2c1CCN(C(=O)C[C@H]1CCCC[C@@H]1O)C2. The monoisotopic (exact) mass is 303 g/mol. The quantitative estimate of drug-likeness (QED) is 0.933. The van der Waals surface area contributed by atoms with Gasteiger partial charge in [0.25, 0.3) is 0 Å². The van der Waals surface area contributed by atoms with Crippen molar-refractivity contribution in [1.29, 1.82) is 0 Å². The van der Waals surface area contributed by atoms with E-state index in [0.717, 1.165) is 44.4 Å². The van der Waals surface area contributed by atoms with Crippen molar-refractivity contribution in [2.45, 2.75) is 51.2 Å². The molecule has 1 amide bonds. The molecule has 1 fully saturated rings. The van der Waals surface area contributed by atoms with E-state index < -0.39 is 0 Å². The number of ether oxygens (including phenoxy) is 1. The van der Waals surface area contributed by atoms with Crippen LogP contribution >= 0.6 is 0 Å². The number of amides is 1. The average Bonchev–Trinajstić information content (AvgIpc) is 2.55. The highest BCUT2D eigenvalue weighted by Gasteiger charge is 2.29. The number of methoxy groups -OCH3 is 1. The molecule has 1 aromatic rings. The summed E-state index contributed by atoms with van der Waals surface area (Å²) in [6, 6.07) is 6.04. The maximum Gasteiger partial charge on any atom is 0.223 e. The van der Waals surface area contributed by atoms with Crippen LogP contribution in [0.3, 0.4) is 0 Å². The van der Waals surface area contributed by atoms with Crippen LogP contribution in [0.25, 0.3) is 0 Å². The first-order valence-electron chi connectivity index (χ1n) is 8.29. The lowest BCUT2D eigenvalue weighted by atomic mass is 9.84. The van der Waals surface area contributed by atoms with Crippen LogP contribution in [0.15, 0.2) is 18.2 Å². The fraction of sp³-hybridized carbons (Fsp3) is 0.611. The molecular formula is C18H25NO3. The van der Waals surface area contributed by atoms with E-state index in [-0.39, 0.29) is 17.9 Å². The zero-order valence-electron chi connectivity index (χ0n) is 13.3. The van der Waals surface area contributed by atoms with Crippen LogP contribution < -0.4 is 4.74 Å². The summed E-state index contributed by atoms with van der Waals surface area (Å²) < 4.78 is 5.41. The number of aliphatic hydroxyl groups excluding tert-OH is 1. The summed E-state index contributed by atoms with van der Waals surface area (Å²) in [4.78, 5) is 14.5. The van der Waals surface area contributed by atoms with Gasteiger partial charge in [-0.25, -0.2) is 0 Å². The van der Waals surface area contributed by atoms with Gasteiger partial charge in [-0.2, -0.15) is 0 Å². The van der Waals surface area contributed by atoms with Gasteiger partial charge in [0.1, 0.15) is 5.75 Å². The van der Waals surface area contributed by atoms with E-state index in [0.29, 0.717) is 13.0 Å². The third kappa shape index (κ3) is 3.12. The molecule has 120 valence electrons. The van der Waals surface area contributed by atoms with Crippen molar-refractivity contribution in [3.05, 3.63) is 29.3 Å². The maximum atomic E-state index is 12.6. The molecule has 0 bridgehead atoms. The lowest BCUT2D eigenvalue weighted by molar-refractivity contribution is -0.134. The van der Waals surface area contributed by atoms with E-state index in [9.17, 15) is 9.90 Å². The Bertz CT molecular complexity index is 543. The van der Waals surface area contributed by atoms with E-state index >= 15 is 0 Å². The molecule has 1 N–H and O–H groups in total. The zero-order chi connectivity index (χ0) is 15.5. The van der Waals surface area contributed by atoms with E-state index in [2.05, 4.69) is 6.07 Å². The summed E-state index contributed by atoms with van der Waals surface area (Å²) in [6.07, 6.45) is 5.08. The zero-order valence-corrected chi connectivity index (χ0v) is 13.3. The van der Waals surface area contributed by atoms with Crippen LogP contribution in [0.4, 0.5) is 0 Å². The molecule has 0 saturated heterocycles. The first kappa shape index (κ1) is 15.3. The third-order valence-electron chi connectivity index (χ3n) is 5.10. The minimum atomic E-state index is -0.296. The first-order valence-corrected chi connectivity index (χ1v) is 8.29. The van der Waals surface area contributed by atoms with Gasteiger partial charge >= 0.3 is 0 Å². The Labute approximate surface area is 132 Å². The van der Waals surface area contributed by atoms with Crippen LogP contribution in [0, 0.1) is 5.92 Å². The minimum Gasteiger partial charge on any atom is -0.496 e. The van der Waals surface area contributed by atoms with Crippen LogP contribution in [-0.2, 0) is 17.8 Å². The predicted molar refractivity (Wildman–Crippen MR) is 84.7 cm³/mol. The van der Waals surface area contributed by atoms with Crippen molar-refractivity contribution < 1.29 is 14.6 Å². The second-order valence-electron chi connectivity index (χ2n) is 6.48. The third-order valence-corrected chi connectivity index (χ3v) is 5.10. The molecule has 1 heterocycles. The van der Waals surface area contributed by atoms with E-state index in [1.807, 2.05) is 17.0 Å². The van der Waals surface area contributed by atoms with Crippen LogP contribution in [-0.4, -0.2) is 35.7 Å². The number of carbonyl (C=O) groups is 1. The topological polar surface area (TPSA) is 49.8 Å². The minimum absolute atomic E-state index is 0.146. The lowest BCUT2D eigenvalue weighted by Crippen LogP contribution is -2.38. The molecule has 0 aromatic heterocycles. The summed E-state index contributed by atoms with van der Waals surface area (Å²) in [5, 5.41) is 10.1. The lowest BCUT2D eigenvalue weighted by Gasteiger charge is -2.33. The van der Waals surface area contributed by atoms with Gasteiger partial charge in [-0.15, -0.1) is 0 Å². The first-order chi connectivity index (χ1) is 10.7. The Morgan fingerprint density at radius 3 is 2.95 bits per heavy atom. The van der Waals surface area contributed by atoms with Gasteiger partial charge in [0, 0.05) is 25.1 Å². The number of hydrogen-bond donors (Lipinski definition) is 1. The van der Waals surface area contributed by atoms with Gasteiger partial charge < -0.3 is 14.7 Å². The summed E-state index contributed by atoms with van der Waals surface area (Å²) in [5.74, 6) is 1.25. The number of carbonyl (C=O) groups excluding carboxylic acids is 1. The highest BCUT2D eigenvalue weighted by molar-refractivity contribution is 5.77. The van der Waals surface area contributed by atoms with E-state index in [1.165, 1.54) is 11.1 Å². The van der Waals surface area contributed by atoms with Crippen LogP contribution in [0.1, 0.15) is 43.2 Å². The fourth-order valence-electron chi connectivity index (χ4n) is 3.76. The molecule has 0 spiro atoms. The molecule has 1 aliphatic carbocycles. The van der Waals surface area contributed by atoms with Crippen LogP contribution in [0.5, 0.6) is 5.75 Å². The van der Waals surface area contributed by atoms with Gasteiger partial charge in [0.15, 0.2) is 0 Å². The fourth-order valence-corrected chi connectivity index (χ4v) is 3.76. The number of rotatable bonds is 3. The highest BCUT2D eigenvalue weighted by atomic mass is 16.5. The van der Waals surface area contributed by atoms with Crippen molar-refractivity contribution in [2.24, 2.45) is 5.92 Å². The number of fused-ring (bicyclic) bond motifs is 1. The average molecular weight is 303 g/mol. The number of hydrogen-bond acceptors (Lipinski definition) is 3. The number of nitrogens with zero attached hydrogens (tertiary/aromatic N) is 1. The Hall–Kier alpha value is -1.55. The molecule has 1 aliphatic heterocycles. The molecule has 1 saturated carbocycles. The summed E-state index contributed by atoms with van der Waals surface area (Å²) >= 11 is 0. The molecule has 1 aromatic carbocycles. The molecule has 22 heavy (non-hydrogen) atoms. The highest BCUT2D eigenvalue weighted by Crippen LogP contribution is 2.30. The van der Waals surface area contributed by atoms with Crippen LogP contribution in [0.2, 0.25) is 0 Å². The second kappa shape index (κ2) is 6.69. The van der Waals surface area contributed by atoms with E-state index in [4.69, 9.17) is 4.74 Å². The molecule has 4 heteroatoms. The molecular weight excluding hydrogens is 278 g/mol. The summed E-state index contributed by atoms with van der Waals surface area (Å²) in [6.45, 7) is 1.41. The second-order valence-corrected chi connectivity index (χ2v) is 6.48. The normalized spacial score (nSPS) is 24.7. The predicted octanol–water partition coefficient (Wildman–Crippen LogP) is 2.52. The van der Waals surface area contributed by atoms with Crippen molar-refractivity contribution in [3.8, 4) is 5.75 Å². The van der Waals surface area contributed by atoms with Crippen molar-refractivity contribution >= 4 is 5.91 Å². The molecule has 2 atom stereocenters. The maximum absolute atomic E-state index is 12.6. The van der Waals surface area contributed by atoms with Crippen molar-refractivity contribution in [1.82, 2.24) is 4.90 Å². The molecule has 2 aliphatic rings. The number of aliphatic hydroxyl groups is 1. The standard InChI is InChI=1S/C18H25NO3/c1-22-17-8-4-6-14-12-19(10-9-15(14)17)18(21)11-13-5-2-3-7-16(13)20/h4,6,8,13,16,20H,2-3,5,7,9-12H2,1H3/t13-,16+/m1/s1. The smallest absolute Gasteiger partial charge is 0.223 e. The Balaban J connectivity index is 1.65. The Morgan fingerprint density at radius 1 is 1.36 bits per heavy atom. The Kier molecular flexibility index (Phi) is 4.67. The van der Waals surface area contributed by atoms with Gasteiger partial charge in [-0.05, 0) is 36.8 Å². The van der Waals surface area contributed by atoms with E-state index in [1.54, 1.807) is 7.11 Å². The summed E-state index contributed by atoms with van der Waals surface area (Å²) in [7, 11) is 1.69. The van der Waals surface area contributed by atoms with Crippen molar-refractivity contribution in [3.63, 3.8) is 0 Å². The molecule has 0 unspecified atom stereocenters. The van der Waals surface area contributed by atoms with Gasteiger partial charge in [0.05, 0.1) is 13.2 Å². The molecule has 4 nitrogen and oxygen atoms in total. The van der Waals surface area contributed by atoms with Crippen molar-refractivity contribution in [2.75, 3.05) is 13.7 Å². The largest absolute Gasteiger partial charge is 0.496 e. The summed E-state index contributed by atoms with van der Waals surface area (Å²) in [5.41, 5.74) is 2.41. The number of benzene rings is 1. The Morgan fingerprint density at radius 2 is 2.18 bits per heavy atom. The molecule has 3 rings (SSSR count). The van der Waals surface area contributed by atoms with Gasteiger partial charge in [-0.3, -0.25) is 4.79 Å². The van der Waals surface area contributed by atoms with Gasteiger partial charge in [0.2, 0.25) is 5.91 Å².